The number of alkyl halides is 3. The van der Waals surface area contributed by atoms with Gasteiger partial charge in [0.2, 0.25) is 0 Å². The third-order valence-electron chi connectivity index (χ3n) is 2.99. The fraction of sp³-hybridized carbons (Fsp3) is 0.846. The maximum atomic E-state index is 12.3. The van der Waals surface area contributed by atoms with Crippen LogP contribution >= 0.6 is 0 Å². The van der Waals surface area contributed by atoms with Crippen LogP contribution in [-0.2, 0) is 4.74 Å². The second-order valence-electron chi connectivity index (χ2n) is 6.17. The van der Waals surface area contributed by atoms with Gasteiger partial charge in [-0.1, -0.05) is 0 Å². The molecular formula is C13H20F3N3O2. The monoisotopic (exact) mass is 307 g/mol. The third kappa shape index (κ3) is 5.79. The lowest BCUT2D eigenvalue weighted by molar-refractivity contribution is -0.128. The summed E-state index contributed by atoms with van der Waals surface area (Å²) >= 11 is 0. The first kappa shape index (κ1) is 17.6. The van der Waals surface area contributed by atoms with Crippen molar-refractivity contribution in [2.75, 3.05) is 19.6 Å². The lowest BCUT2D eigenvalue weighted by Gasteiger charge is -2.39. The van der Waals surface area contributed by atoms with Gasteiger partial charge in [0.15, 0.2) is 0 Å². The topological polar surface area (TPSA) is 65.4 Å². The van der Waals surface area contributed by atoms with Gasteiger partial charge in [-0.2, -0.15) is 18.4 Å². The number of amides is 1. The van der Waals surface area contributed by atoms with Crippen molar-refractivity contribution in [3.63, 3.8) is 0 Å². The van der Waals surface area contributed by atoms with Crippen molar-refractivity contribution in [2.45, 2.75) is 50.9 Å². The van der Waals surface area contributed by atoms with Crippen LogP contribution in [0.25, 0.3) is 0 Å². The molecule has 1 unspecified atom stereocenters. The first-order chi connectivity index (χ1) is 9.46. The number of carbonyl (C=O) groups is 1. The Kier molecular flexibility index (Phi) is 5.10. The van der Waals surface area contributed by atoms with Gasteiger partial charge >= 0.3 is 12.3 Å². The molecular weight excluding hydrogens is 287 g/mol. The number of ether oxygens (including phenoxy) is 1. The predicted octanol–water partition coefficient (Wildman–Crippen LogP) is 2.43. The van der Waals surface area contributed by atoms with Crippen molar-refractivity contribution < 1.29 is 22.7 Å². The molecule has 0 saturated carbocycles. The molecule has 0 aromatic carbocycles. The van der Waals surface area contributed by atoms with Gasteiger partial charge in [0.05, 0.1) is 19.2 Å². The van der Waals surface area contributed by atoms with Gasteiger partial charge in [0.1, 0.15) is 11.1 Å². The summed E-state index contributed by atoms with van der Waals surface area (Å²) in [5.41, 5.74) is -2.08. The van der Waals surface area contributed by atoms with Gasteiger partial charge in [-0.05, 0) is 33.6 Å². The number of halogens is 3. The Bertz CT molecular complexity index is 426. The highest BCUT2D eigenvalue weighted by Crippen LogP contribution is 2.24. The van der Waals surface area contributed by atoms with Gasteiger partial charge < -0.3 is 9.64 Å². The number of carbonyl (C=O) groups excluding carboxylic acids is 1. The highest BCUT2D eigenvalue weighted by Gasteiger charge is 2.41. The van der Waals surface area contributed by atoms with E-state index in [9.17, 15) is 23.2 Å². The molecule has 0 bridgehead atoms. The van der Waals surface area contributed by atoms with Crippen LogP contribution in [0.2, 0.25) is 0 Å². The van der Waals surface area contributed by atoms with Crippen LogP contribution in [0.3, 0.4) is 0 Å². The summed E-state index contributed by atoms with van der Waals surface area (Å²) in [6, 6.07) is 1.88. The number of hydrogen-bond donors (Lipinski definition) is 1. The minimum absolute atomic E-state index is 0.117. The fourth-order valence-corrected chi connectivity index (χ4v) is 2.08. The number of piperidine rings is 1. The van der Waals surface area contributed by atoms with Crippen LogP contribution in [0, 0.1) is 11.3 Å². The Hall–Kier alpha value is -1.49. The van der Waals surface area contributed by atoms with E-state index in [0.29, 0.717) is 13.0 Å². The third-order valence-corrected chi connectivity index (χ3v) is 2.99. The highest BCUT2D eigenvalue weighted by atomic mass is 19.4. The van der Waals surface area contributed by atoms with E-state index >= 15 is 0 Å². The van der Waals surface area contributed by atoms with E-state index in [1.54, 1.807) is 20.8 Å². The molecule has 0 aromatic rings. The summed E-state index contributed by atoms with van der Waals surface area (Å²) in [5, 5.41) is 11.4. The van der Waals surface area contributed by atoms with Gasteiger partial charge in [-0.25, -0.2) is 4.79 Å². The number of nitrogens with one attached hydrogen (secondary N) is 1. The Labute approximate surface area is 122 Å². The average Bonchev–Trinajstić information content (AvgIpc) is 2.34. The Morgan fingerprint density at radius 3 is 2.52 bits per heavy atom. The number of rotatable bonds is 2. The molecule has 1 rings (SSSR count). The molecule has 0 aromatic heterocycles. The Morgan fingerprint density at radius 1 is 1.43 bits per heavy atom. The van der Waals surface area contributed by atoms with E-state index in [2.05, 4.69) is 5.32 Å². The molecule has 0 aliphatic carbocycles. The zero-order chi connectivity index (χ0) is 16.3. The summed E-state index contributed by atoms with van der Waals surface area (Å²) < 4.78 is 42.1. The first-order valence-electron chi connectivity index (χ1n) is 6.67. The lowest BCUT2D eigenvalue weighted by Crippen LogP contribution is -2.59. The van der Waals surface area contributed by atoms with E-state index in [0.717, 1.165) is 0 Å². The van der Waals surface area contributed by atoms with E-state index in [1.165, 1.54) is 4.90 Å². The second kappa shape index (κ2) is 6.10. The summed E-state index contributed by atoms with van der Waals surface area (Å²) in [7, 11) is 0. The molecule has 8 heteroatoms. The smallest absolute Gasteiger partial charge is 0.410 e. The van der Waals surface area contributed by atoms with Crippen LogP contribution in [0.15, 0.2) is 0 Å². The Morgan fingerprint density at radius 2 is 2.05 bits per heavy atom. The average molecular weight is 307 g/mol. The molecule has 1 N–H and O–H groups in total. The van der Waals surface area contributed by atoms with E-state index < -0.39 is 30.0 Å². The van der Waals surface area contributed by atoms with Crippen molar-refractivity contribution in [1.82, 2.24) is 10.2 Å². The standard InChI is InChI=1S/C13H20F3N3O2/c1-11(2,3)21-10(20)19-6-4-5-12(7-17,9-19)18-8-13(14,15)16/h18H,4-6,8-9H2,1-3H3. The molecule has 0 radical (unpaired) electrons. The second-order valence-corrected chi connectivity index (χ2v) is 6.17. The molecule has 1 atom stereocenters. The van der Waals surface area contributed by atoms with Crippen LogP contribution in [0.4, 0.5) is 18.0 Å². The first-order valence-corrected chi connectivity index (χ1v) is 6.67. The molecule has 1 heterocycles. The number of nitrogens with zero attached hydrogens (tertiary/aromatic N) is 2. The van der Waals surface area contributed by atoms with Crippen molar-refractivity contribution in [1.29, 1.82) is 5.26 Å². The number of nitriles is 1. The van der Waals surface area contributed by atoms with E-state index in [1.807, 2.05) is 6.07 Å². The largest absolute Gasteiger partial charge is 0.444 e. The van der Waals surface area contributed by atoms with Crippen molar-refractivity contribution in [3.8, 4) is 6.07 Å². The van der Waals surface area contributed by atoms with Crippen LogP contribution in [0.1, 0.15) is 33.6 Å². The maximum Gasteiger partial charge on any atom is 0.410 e. The zero-order valence-corrected chi connectivity index (χ0v) is 12.4. The van der Waals surface area contributed by atoms with E-state index in [-0.39, 0.29) is 13.0 Å². The summed E-state index contributed by atoms with van der Waals surface area (Å²) in [6.07, 6.45) is -4.31. The molecule has 1 aliphatic heterocycles. The number of hydrogen-bond acceptors (Lipinski definition) is 4. The van der Waals surface area contributed by atoms with Gasteiger partial charge in [0.25, 0.3) is 0 Å². The molecule has 1 amide bonds. The summed E-state index contributed by atoms with van der Waals surface area (Å²) in [5.74, 6) is 0. The van der Waals surface area contributed by atoms with Crippen molar-refractivity contribution >= 4 is 6.09 Å². The van der Waals surface area contributed by atoms with Crippen LogP contribution in [0.5, 0.6) is 0 Å². The molecule has 21 heavy (non-hydrogen) atoms. The SMILES string of the molecule is CC(C)(C)OC(=O)N1CCCC(C#N)(NCC(F)(F)F)C1. The minimum atomic E-state index is -4.40. The minimum Gasteiger partial charge on any atom is -0.444 e. The summed E-state index contributed by atoms with van der Waals surface area (Å²) in [6.45, 7) is 4.10. The van der Waals surface area contributed by atoms with Crippen LogP contribution in [-0.4, -0.2) is 47.9 Å². The van der Waals surface area contributed by atoms with Gasteiger partial charge in [-0.15, -0.1) is 0 Å². The van der Waals surface area contributed by atoms with Crippen molar-refractivity contribution in [2.24, 2.45) is 0 Å². The molecule has 5 nitrogen and oxygen atoms in total. The van der Waals surface area contributed by atoms with E-state index in [4.69, 9.17) is 4.74 Å². The maximum absolute atomic E-state index is 12.3. The molecule has 120 valence electrons. The lowest BCUT2D eigenvalue weighted by atomic mass is 9.90. The fourth-order valence-electron chi connectivity index (χ4n) is 2.08. The predicted molar refractivity (Wildman–Crippen MR) is 69.4 cm³/mol. The molecule has 1 saturated heterocycles. The number of likely N-dealkylation sites (tertiary alicyclic amines) is 1. The van der Waals surface area contributed by atoms with Crippen LogP contribution < -0.4 is 5.32 Å². The zero-order valence-electron chi connectivity index (χ0n) is 12.4. The van der Waals surface area contributed by atoms with Crippen molar-refractivity contribution in [3.05, 3.63) is 0 Å². The molecule has 1 aliphatic rings. The molecule has 1 fully saturated rings. The normalized spacial score (nSPS) is 23.6. The highest BCUT2D eigenvalue weighted by molar-refractivity contribution is 5.68. The molecule has 0 spiro atoms. The Balaban J connectivity index is 2.72. The van der Waals surface area contributed by atoms with Gasteiger partial charge in [0, 0.05) is 6.54 Å². The quantitative estimate of drug-likeness (QED) is 0.851. The van der Waals surface area contributed by atoms with Gasteiger partial charge in [-0.3, -0.25) is 5.32 Å². The summed E-state index contributed by atoms with van der Waals surface area (Å²) in [4.78, 5) is 13.2.